The molecule has 2 fully saturated rings. The van der Waals surface area contributed by atoms with E-state index in [4.69, 9.17) is 10.5 Å². The maximum atomic E-state index is 12.8. The number of esters is 1. The molecular weight excluding hydrogens is 456 g/mol. The molecular formula is C24H26N4O7. The highest BCUT2D eigenvalue weighted by molar-refractivity contribution is 6.07. The van der Waals surface area contributed by atoms with Gasteiger partial charge in [-0.25, -0.2) is 4.79 Å². The smallest absolute Gasteiger partial charge is 0.332 e. The monoisotopic (exact) mass is 482 g/mol. The maximum Gasteiger partial charge on any atom is 0.332 e. The summed E-state index contributed by atoms with van der Waals surface area (Å²) in [5, 5.41) is 0. The van der Waals surface area contributed by atoms with Crippen molar-refractivity contribution in [2.24, 2.45) is 18.9 Å². The first-order valence-electron chi connectivity index (χ1n) is 11.4. The zero-order valence-electron chi connectivity index (χ0n) is 19.3. The fourth-order valence-corrected chi connectivity index (χ4v) is 4.74. The van der Waals surface area contributed by atoms with Gasteiger partial charge in [0.2, 0.25) is 17.6 Å². The molecule has 2 unspecified atom stereocenters. The van der Waals surface area contributed by atoms with Crippen LogP contribution in [0.4, 0.5) is 5.82 Å². The summed E-state index contributed by atoms with van der Waals surface area (Å²) >= 11 is 0. The van der Waals surface area contributed by atoms with Crippen LogP contribution in [0.2, 0.25) is 0 Å². The van der Waals surface area contributed by atoms with E-state index in [0.717, 1.165) is 32.4 Å². The van der Waals surface area contributed by atoms with Gasteiger partial charge in [-0.3, -0.25) is 38.0 Å². The number of aromatic nitrogens is 2. The van der Waals surface area contributed by atoms with E-state index in [0.29, 0.717) is 12.8 Å². The molecule has 1 aromatic heterocycles. The third-order valence-corrected chi connectivity index (χ3v) is 6.63. The molecule has 0 spiro atoms. The molecule has 2 heterocycles. The van der Waals surface area contributed by atoms with Gasteiger partial charge >= 0.3 is 11.7 Å². The lowest BCUT2D eigenvalue weighted by molar-refractivity contribution is -0.152. The van der Waals surface area contributed by atoms with Crippen LogP contribution in [-0.4, -0.2) is 50.8 Å². The summed E-state index contributed by atoms with van der Waals surface area (Å²) in [6.07, 6.45) is 2.94. The van der Waals surface area contributed by atoms with Gasteiger partial charge in [-0.2, -0.15) is 0 Å². The van der Waals surface area contributed by atoms with Crippen LogP contribution in [0.25, 0.3) is 0 Å². The Morgan fingerprint density at radius 1 is 1.00 bits per heavy atom. The number of hydrogen-bond donors (Lipinski definition) is 1. The molecule has 1 aromatic carbocycles. The summed E-state index contributed by atoms with van der Waals surface area (Å²) in [4.78, 5) is 76.3. The topological polar surface area (TPSA) is 151 Å². The number of nitrogen functional groups attached to an aromatic ring is 1. The van der Waals surface area contributed by atoms with Crippen molar-refractivity contribution in [1.29, 1.82) is 0 Å². The lowest BCUT2D eigenvalue weighted by atomic mass is 9.81. The first-order valence-corrected chi connectivity index (χ1v) is 11.4. The van der Waals surface area contributed by atoms with Gasteiger partial charge in [0, 0.05) is 7.05 Å². The minimum absolute atomic E-state index is 0.0290. The summed E-state index contributed by atoms with van der Waals surface area (Å²) in [6, 6.07) is 8.87. The Hall–Kier alpha value is -4.02. The van der Waals surface area contributed by atoms with E-state index in [1.54, 1.807) is 30.3 Å². The number of rotatable bonds is 7. The molecule has 4 rings (SSSR count). The van der Waals surface area contributed by atoms with Gasteiger partial charge in [-0.05, 0) is 18.4 Å². The molecule has 184 valence electrons. The average molecular weight is 482 g/mol. The molecule has 1 aliphatic heterocycles. The number of nitrogens with zero attached hydrogens (tertiary/aromatic N) is 3. The van der Waals surface area contributed by atoms with Gasteiger partial charge in [-0.15, -0.1) is 0 Å². The van der Waals surface area contributed by atoms with Crippen molar-refractivity contribution in [2.75, 3.05) is 18.9 Å². The fourth-order valence-electron chi connectivity index (χ4n) is 4.74. The molecule has 2 N–H and O–H groups in total. The lowest BCUT2D eigenvalue weighted by Crippen LogP contribution is -2.43. The Kier molecular flexibility index (Phi) is 6.68. The number of likely N-dealkylation sites (tertiary alicyclic amines) is 1. The second kappa shape index (κ2) is 9.69. The van der Waals surface area contributed by atoms with E-state index in [-0.39, 0.29) is 12.4 Å². The predicted octanol–water partition coefficient (Wildman–Crippen LogP) is 0.0786. The number of hydrogen-bond acceptors (Lipinski definition) is 8. The van der Waals surface area contributed by atoms with Crippen LogP contribution < -0.4 is 17.0 Å². The van der Waals surface area contributed by atoms with E-state index in [2.05, 4.69) is 0 Å². The Labute approximate surface area is 200 Å². The summed E-state index contributed by atoms with van der Waals surface area (Å²) in [7, 11) is 1.22. The van der Waals surface area contributed by atoms with Crippen molar-refractivity contribution in [3.8, 4) is 0 Å². The molecule has 1 saturated carbocycles. The fraction of sp³-hybridized carbons (Fsp3) is 0.417. The van der Waals surface area contributed by atoms with Gasteiger partial charge in [0.05, 0.1) is 18.4 Å². The lowest BCUT2D eigenvalue weighted by Gasteiger charge is -2.19. The number of carbonyl (C=O) groups excluding carboxylic acids is 4. The second-order valence-corrected chi connectivity index (χ2v) is 8.82. The van der Waals surface area contributed by atoms with Crippen molar-refractivity contribution in [1.82, 2.24) is 14.0 Å². The van der Waals surface area contributed by atoms with Crippen molar-refractivity contribution in [3.05, 3.63) is 62.3 Å². The Morgan fingerprint density at radius 3 is 2.20 bits per heavy atom. The van der Waals surface area contributed by atoms with E-state index < -0.39 is 65.4 Å². The zero-order chi connectivity index (χ0) is 25.3. The third kappa shape index (κ3) is 4.53. The summed E-state index contributed by atoms with van der Waals surface area (Å²) in [5.74, 6) is -3.78. The van der Waals surface area contributed by atoms with Crippen LogP contribution in [0.15, 0.2) is 39.9 Å². The predicted molar refractivity (Wildman–Crippen MR) is 123 cm³/mol. The number of Topliss-reactive ketones (excluding diaryl/α,β-unsaturated/α-hetero) is 1. The van der Waals surface area contributed by atoms with Gasteiger partial charge < -0.3 is 10.5 Å². The molecule has 2 aromatic rings. The van der Waals surface area contributed by atoms with Gasteiger partial charge in [0.1, 0.15) is 17.9 Å². The van der Waals surface area contributed by atoms with Crippen LogP contribution in [0.5, 0.6) is 0 Å². The number of amides is 2. The highest BCUT2D eigenvalue weighted by atomic mass is 16.5. The summed E-state index contributed by atoms with van der Waals surface area (Å²) in [6.45, 7) is -1.40. The van der Waals surface area contributed by atoms with Crippen molar-refractivity contribution in [3.63, 3.8) is 0 Å². The largest absolute Gasteiger partial charge is 0.456 e. The quantitative estimate of drug-likeness (QED) is 0.331. The Bertz CT molecular complexity index is 1290. The van der Waals surface area contributed by atoms with Crippen molar-refractivity contribution < 1.29 is 23.9 Å². The van der Waals surface area contributed by atoms with Gasteiger partial charge in [0.25, 0.3) is 5.56 Å². The normalized spacial score (nSPS) is 19.5. The molecule has 35 heavy (non-hydrogen) atoms. The summed E-state index contributed by atoms with van der Waals surface area (Å²) in [5.41, 5.74) is 4.68. The van der Waals surface area contributed by atoms with Gasteiger partial charge in [-0.1, -0.05) is 43.2 Å². The van der Waals surface area contributed by atoms with E-state index in [1.165, 1.54) is 7.05 Å². The Balaban J connectivity index is 1.47. The standard InChI is InChI=1S/C24H26N4O7/c1-26-23(33)19(20(25)27(24(26)34)11-14-7-3-2-4-8-14)17(29)13-35-18(30)12-28-21(31)15-9-5-6-10-16(15)22(28)32/h2-4,7-8,15-16H,5-6,9-13,25H2,1H3. The number of carbonyl (C=O) groups is 4. The summed E-state index contributed by atoms with van der Waals surface area (Å²) < 4.78 is 6.84. The molecule has 2 amide bonds. The van der Waals surface area contributed by atoms with Crippen LogP contribution in [0.1, 0.15) is 41.6 Å². The molecule has 11 nitrogen and oxygen atoms in total. The number of nitrogens with two attached hydrogens (primary N) is 1. The second-order valence-electron chi connectivity index (χ2n) is 8.82. The van der Waals surface area contributed by atoms with Crippen molar-refractivity contribution >= 4 is 29.4 Å². The maximum absolute atomic E-state index is 12.8. The number of anilines is 1. The highest BCUT2D eigenvalue weighted by Crippen LogP contribution is 2.37. The van der Waals surface area contributed by atoms with Crippen LogP contribution in [0.3, 0.4) is 0 Å². The van der Waals surface area contributed by atoms with Gasteiger partial charge in [0.15, 0.2) is 6.61 Å². The number of fused-ring (bicyclic) bond motifs is 1. The number of ketones is 1. The SMILES string of the molecule is Cn1c(=O)c(C(=O)COC(=O)CN2C(=O)C3CCCCC3C2=O)c(N)n(Cc2ccccc2)c1=O. The third-order valence-electron chi connectivity index (χ3n) is 6.63. The molecule has 11 heteroatoms. The van der Waals surface area contributed by atoms with Crippen molar-refractivity contribution in [2.45, 2.75) is 32.2 Å². The number of ether oxygens (including phenoxy) is 1. The van der Waals surface area contributed by atoms with E-state index in [9.17, 15) is 28.8 Å². The highest BCUT2D eigenvalue weighted by Gasteiger charge is 2.48. The number of imide groups is 1. The minimum Gasteiger partial charge on any atom is -0.456 e. The van der Waals surface area contributed by atoms with Crippen LogP contribution in [-0.2, 0) is 32.7 Å². The first kappa shape index (κ1) is 24.1. The number of benzene rings is 1. The minimum atomic E-state index is -0.952. The zero-order valence-corrected chi connectivity index (χ0v) is 19.3. The molecule has 0 bridgehead atoms. The molecule has 2 atom stereocenters. The molecule has 1 aliphatic carbocycles. The van der Waals surface area contributed by atoms with E-state index >= 15 is 0 Å². The molecule has 1 saturated heterocycles. The molecule has 2 aliphatic rings. The van der Waals surface area contributed by atoms with E-state index in [1.807, 2.05) is 0 Å². The van der Waals surface area contributed by atoms with Crippen LogP contribution in [0, 0.1) is 11.8 Å². The average Bonchev–Trinajstić information content (AvgIpc) is 3.10. The Morgan fingerprint density at radius 2 is 1.60 bits per heavy atom. The first-order chi connectivity index (χ1) is 16.7. The molecule has 0 radical (unpaired) electrons. The van der Waals surface area contributed by atoms with Crippen LogP contribution >= 0.6 is 0 Å².